The van der Waals surface area contributed by atoms with Gasteiger partial charge in [0.05, 0.1) is 11.7 Å². The van der Waals surface area contributed by atoms with E-state index in [9.17, 15) is 0 Å². The number of nitrogens with zero attached hydrogens (tertiary/aromatic N) is 5. The summed E-state index contributed by atoms with van der Waals surface area (Å²) in [5.41, 5.74) is 1.24. The third-order valence-electron chi connectivity index (χ3n) is 3.81. The molecule has 0 aromatic carbocycles. The van der Waals surface area contributed by atoms with Crippen LogP contribution in [0.15, 0.2) is 12.3 Å². The summed E-state index contributed by atoms with van der Waals surface area (Å²) >= 11 is 0. The van der Waals surface area contributed by atoms with Gasteiger partial charge in [0.1, 0.15) is 5.82 Å². The number of H-pyrrole nitrogens is 1. The molecule has 0 saturated carbocycles. The fourth-order valence-electron chi connectivity index (χ4n) is 2.75. The second kappa shape index (κ2) is 5.13. The van der Waals surface area contributed by atoms with Crippen molar-refractivity contribution in [3.63, 3.8) is 0 Å². The summed E-state index contributed by atoms with van der Waals surface area (Å²) in [4.78, 5) is 6.97. The molecule has 1 aliphatic rings. The van der Waals surface area contributed by atoms with Crippen LogP contribution in [0, 0.1) is 6.92 Å². The first-order valence-electron chi connectivity index (χ1n) is 6.84. The number of hydrogen-bond acceptors (Lipinski definition) is 4. The molecule has 3 rings (SSSR count). The van der Waals surface area contributed by atoms with Crippen LogP contribution in [0.5, 0.6) is 0 Å². The van der Waals surface area contributed by atoms with Gasteiger partial charge in [0.2, 0.25) is 0 Å². The lowest BCUT2D eigenvalue weighted by molar-refractivity contribution is 0.130. The molecule has 2 aromatic heterocycles. The van der Waals surface area contributed by atoms with E-state index in [0.717, 1.165) is 31.2 Å². The molecule has 1 atom stereocenters. The molecule has 3 heterocycles. The second-order valence-corrected chi connectivity index (χ2v) is 5.21. The lowest BCUT2D eigenvalue weighted by atomic mass is 10.0. The van der Waals surface area contributed by atoms with Gasteiger partial charge in [-0.05, 0) is 32.4 Å². The summed E-state index contributed by atoms with van der Waals surface area (Å²) in [6.07, 6.45) is 5.48. The Balaban J connectivity index is 1.79. The van der Waals surface area contributed by atoms with Gasteiger partial charge in [-0.1, -0.05) is 6.42 Å². The van der Waals surface area contributed by atoms with Crippen LogP contribution in [0.25, 0.3) is 0 Å². The summed E-state index contributed by atoms with van der Waals surface area (Å²) in [6, 6.07) is 2.41. The van der Waals surface area contributed by atoms with Gasteiger partial charge in [0.25, 0.3) is 0 Å². The Labute approximate surface area is 112 Å². The third-order valence-corrected chi connectivity index (χ3v) is 3.81. The van der Waals surface area contributed by atoms with Crippen LogP contribution in [0.1, 0.15) is 42.6 Å². The number of nitrogens with one attached hydrogen (secondary N) is 1. The summed E-state index contributed by atoms with van der Waals surface area (Å²) in [6.45, 7) is 3.96. The zero-order valence-electron chi connectivity index (χ0n) is 11.5. The minimum Gasteiger partial charge on any atom is -0.287 e. The molecule has 1 unspecified atom stereocenters. The molecule has 19 heavy (non-hydrogen) atoms. The van der Waals surface area contributed by atoms with Crippen molar-refractivity contribution >= 4 is 0 Å². The van der Waals surface area contributed by atoms with Crippen molar-refractivity contribution in [3.8, 4) is 0 Å². The molecular weight excluding hydrogens is 240 g/mol. The summed E-state index contributed by atoms with van der Waals surface area (Å²) in [5.74, 6) is 1.82. The predicted octanol–water partition coefficient (Wildman–Crippen LogP) is 1.57. The van der Waals surface area contributed by atoms with Gasteiger partial charge in [-0.25, -0.2) is 4.98 Å². The second-order valence-electron chi connectivity index (χ2n) is 5.21. The van der Waals surface area contributed by atoms with E-state index in [1.165, 1.54) is 18.5 Å². The fourth-order valence-corrected chi connectivity index (χ4v) is 2.75. The zero-order chi connectivity index (χ0) is 13.2. The number of likely N-dealkylation sites (tertiary alicyclic amines) is 1. The number of aromatic nitrogens is 5. The average Bonchev–Trinajstić information content (AvgIpc) is 3.00. The highest BCUT2D eigenvalue weighted by Gasteiger charge is 2.27. The van der Waals surface area contributed by atoms with Crippen LogP contribution in [-0.4, -0.2) is 36.4 Å². The van der Waals surface area contributed by atoms with Gasteiger partial charge < -0.3 is 0 Å². The number of rotatable bonds is 3. The Morgan fingerprint density at radius 2 is 2.32 bits per heavy atom. The normalized spacial score (nSPS) is 20.8. The number of aryl methyl sites for hydroxylation is 2. The van der Waals surface area contributed by atoms with E-state index in [2.05, 4.69) is 31.2 Å². The quantitative estimate of drug-likeness (QED) is 0.910. The molecule has 102 valence electrons. The topological polar surface area (TPSA) is 62.6 Å². The molecule has 0 spiro atoms. The van der Waals surface area contributed by atoms with Crippen LogP contribution in [-0.2, 0) is 13.6 Å². The summed E-state index contributed by atoms with van der Waals surface area (Å²) in [7, 11) is 1.99. The fraction of sp³-hybridized carbons (Fsp3) is 0.615. The lowest BCUT2D eigenvalue weighted by Gasteiger charge is -2.33. The van der Waals surface area contributed by atoms with Crippen molar-refractivity contribution in [1.82, 2.24) is 29.9 Å². The Bertz CT molecular complexity index is 543. The molecule has 0 bridgehead atoms. The highest BCUT2D eigenvalue weighted by Crippen LogP contribution is 2.29. The lowest BCUT2D eigenvalue weighted by Crippen LogP contribution is -2.34. The van der Waals surface area contributed by atoms with Crippen molar-refractivity contribution < 1.29 is 0 Å². The van der Waals surface area contributed by atoms with E-state index in [4.69, 9.17) is 0 Å². The largest absolute Gasteiger partial charge is 0.287 e. The van der Waals surface area contributed by atoms with Gasteiger partial charge in [0.15, 0.2) is 5.82 Å². The van der Waals surface area contributed by atoms with Crippen molar-refractivity contribution in [2.75, 3.05) is 6.54 Å². The van der Waals surface area contributed by atoms with Crippen molar-refractivity contribution in [1.29, 1.82) is 0 Å². The van der Waals surface area contributed by atoms with E-state index < -0.39 is 0 Å². The molecular formula is C13H20N6. The van der Waals surface area contributed by atoms with Crippen LogP contribution < -0.4 is 0 Å². The Morgan fingerprint density at radius 1 is 1.42 bits per heavy atom. The highest BCUT2D eigenvalue weighted by molar-refractivity contribution is 5.03. The van der Waals surface area contributed by atoms with E-state index in [1.54, 1.807) is 0 Å². The van der Waals surface area contributed by atoms with Crippen LogP contribution in [0.2, 0.25) is 0 Å². The molecule has 0 radical (unpaired) electrons. The minimum absolute atomic E-state index is 0.327. The molecule has 0 amide bonds. The van der Waals surface area contributed by atoms with Crippen molar-refractivity contribution in [2.45, 2.75) is 38.8 Å². The van der Waals surface area contributed by atoms with Crippen molar-refractivity contribution in [3.05, 3.63) is 29.6 Å². The first-order valence-corrected chi connectivity index (χ1v) is 6.84. The Hall–Kier alpha value is -1.69. The highest BCUT2D eigenvalue weighted by atomic mass is 15.3. The molecule has 2 aromatic rings. The molecule has 1 aliphatic heterocycles. The van der Waals surface area contributed by atoms with E-state index in [-0.39, 0.29) is 0 Å². The van der Waals surface area contributed by atoms with Crippen LogP contribution in [0.4, 0.5) is 0 Å². The van der Waals surface area contributed by atoms with E-state index >= 15 is 0 Å². The Kier molecular flexibility index (Phi) is 3.33. The number of aromatic amines is 1. The number of hydrogen-bond donors (Lipinski definition) is 1. The molecule has 6 nitrogen and oxygen atoms in total. The standard InChI is InChI=1S/C13H20N6/c1-10-15-13(17-16-10)12-5-3-4-8-19(12)9-11-6-7-14-18(11)2/h6-7,12H,3-5,8-9H2,1-2H3,(H,15,16,17). The van der Waals surface area contributed by atoms with Gasteiger partial charge in [-0.2, -0.15) is 10.2 Å². The smallest absolute Gasteiger partial charge is 0.167 e. The molecule has 1 saturated heterocycles. The average molecular weight is 260 g/mol. The van der Waals surface area contributed by atoms with Crippen molar-refractivity contribution in [2.24, 2.45) is 7.05 Å². The number of piperidine rings is 1. The minimum atomic E-state index is 0.327. The maximum atomic E-state index is 4.51. The zero-order valence-corrected chi connectivity index (χ0v) is 11.5. The molecule has 0 aliphatic carbocycles. The Morgan fingerprint density at radius 3 is 3.00 bits per heavy atom. The van der Waals surface area contributed by atoms with E-state index in [1.807, 2.05) is 24.9 Å². The van der Waals surface area contributed by atoms with Crippen LogP contribution in [0.3, 0.4) is 0 Å². The first kappa shape index (κ1) is 12.3. The maximum Gasteiger partial charge on any atom is 0.167 e. The molecule has 6 heteroatoms. The van der Waals surface area contributed by atoms with Gasteiger partial charge in [0, 0.05) is 19.8 Å². The van der Waals surface area contributed by atoms with E-state index in [0.29, 0.717) is 6.04 Å². The van der Waals surface area contributed by atoms with Crippen LogP contribution >= 0.6 is 0 Å². The summed E-state index contributed by atoms with van der Waals surface area (Å²) in [5, 5.41) is 11.5. The first-order chi connectivity index (χ1) is 9.24. The third kappa shape index (κ3) is 2.53. The summed E-state index contributed by atoms with van der Waals surface area (Å²) < 4.78 is 1.94. The monoisotopic (exact) mass is 260 g/mol. The molecule has 1 fully saturated rings. The SMILES string of the molecule is Cc1nc(C2CCCCN2Cc2ccnn2C)n[nH]1. The molecule has 1 N–H and O–H groups in total. The van der Waals surface area contributed by atoms with Gasteiger partial charge in [-0.15, -0.1) is 0 Å². The predicted molar refractivity (Wildman–Crippen MR) is 71.3 cm³/mol. The van der Waals surface area contributed by atoms with Gasteiger partial charge in [-0.3, -0.25) is 14.7 Å². The van der Waals surface area contributed by atoms with Gasteiger partial charge >= 0.3 is 0 Å². The maximum absolute atomic E-state index is 4.51.